The Kier molecular flexibility index (Phi) is 3.65. The van der Waals surface area contributed by atoms with E-state index in [2.05, 4.69) is 92.7 Å². The van der Waals surface area contributed by atoms with Gasteiger partial charge in [0.15, 0.2) is 5.60 Å². The van der Waals surface area contributed by atoms with Crippen LogP contribution < -0.4 is 4.74 Å². The minimum Gasteiger partial charge on any atom is -0.478 e. The molecule has 1 heterocycles. The Hall–Kier alpha value is -2.54. The monoisotopic (exact) mass is 314 g/mol. The van der Waals surface area contributed by atoms with Gasteiger partial charge in [0, 0.05) is 6.42 Å². The summed E-state index contributed by atoms with van der Waals surface area (Å²) in [6, 6.07) is 27.8. The molecular formula is C23H22O. The van der Waals surface area contributed by atoms with E-state index in [1.54, 1.807) is 0 Å². The summed E-state index contributed by atoms with van der Waals surface area (Å²) < 4.78 is 6.72. The zero-order valence-electron chi connectivity index (χ0n) is 14.2. The van der Waals surface area contributed by atoms with E-state index >= 15 is 0 Å². The first-order valence-corrected chi connectivity index (χ1v) is 8.60. The summed E-state index contributed by atoms with van der Waals surface area (Å²) in [6.45, 7) is 4.45. The second kappa shape index (κ2) is 5.83. The topological polar surface area (TPSA) is 9.23 Å². The Balaban J connectivity index is 1.91. The number of benzene rings is 3. The van der Waals surface area contributed by atoms with Crippen LogP contribution in [-0.2, 0) is 5.60 Å². The number of hydrogen-bond donors (Lipinski definition) is 0. The van der Waals surface area contributed by atoms with Gasteiger partial charge in [-0.25, -0.2) is 0 Å². The molecule has 0 aromatic heterocycles. The highest BCUT2D eigenvalue weighted by molar-refractivity contribution is 5.47. The van der Waals surface area contributed by atoms with E-state index in [4.69, 9.17) is 4.74 Å². The van der Waals surface area contributed by atoms with Crippen LogP contribution in [0.3, 0.4) is 0 Å². The molecule has 1 atom stereocenters. The van der Waals surface area contributed by atoms with Gasteiger partial charge < -0.3 is 4.74 Å². The van der Waals surface area contributed by atoms with Gasteiger partial charge in [-0.05, 0) is 35.6 Å². The summed E-state index contributed by atoms with van der Waals surface area (Å²) in [6.07, 6.45) is 0.942. The van der Waals surface area contributed by atoms with Crippen LogP contribution in [0, 0.1) is 6.92 Å². The lowest BCUT2D eigenvalue weighted by Crippen LogP contribution is -2.39. The summed E-state index contributed by atoms with van der Waals surface area (Å²) in [5, 5.41) is 0. The average molecular weight is 314 g/mol. The number of hydrogen-bond acceptors (Lipinski definition) is 1. The third-order valence-electron chi connectivity index (χ3n) is 5.05. The molecule has 1 aliphatic rings. The Morgan fingerprint density at radius 1 is 0.833 bits per heavy atom. The molecule has 120 valence electrons. The van der Waals surface area contributed by atoms with Crippen LogP contribution >= 0.6 is 0 Å². The van der Waals surface area contributed by atoms with Crippen molar-refractivity contribution >= 4 is 0 Å². The zero-order valence-corrected chi connectivity index (χ0v) is 14.2. The van der Waals surface area contributed by atoms with Crippen molar-refractivity contribution in [3.63, 3.8) is 0 Å². The minimum absolute atomic E-state index is 0.426. The third kappa shape index (κ3) is 2.41. The Morgan fingerprint density at radius 3 is 2.00 bits per heavy atom. The average Bonchev–Trinajstić information content (AvgIpc) is 2.63. The maximum Gasteiger partial charge on any atom is 0.160 e. The van der Waals surface area contributed by atoms with Crippen LogP contribution in [0.1, 0.15) is 41.5 Å². The van der Waals surface area contributed by atoms with Crippen LogP contribution in [0.25, 0.3) is 0 Å². The normalized spacial score (nSPS) is 18.5. The van der Waals surface area contributed by atoms with Crippen molar-refractivity contribution in [2.24, 2.45) is 0 Å². The predicted octanol–water partition coefficient (Wildman–Crippen LogP) is 5.82. The van der Waals surface area contributed by atoms with Crippen LogP contribution in [0.4, 0.5) is 0 Å². The summed E-state index contributed by atoms with van der Waals surface area (Å²) >= 11 is 0. The first-order chi connectivity index (χ1) is 11.7. The van der Waals surface area contributed by atoms with Crippen molar-refractivity contribution in [3.8, 4) is 5.75 Å². The standard InChI is InChI=1S/C23H22O/c1-17-13-14-22-21(15-17)18(2)16-23(24-22,19-9-5-3-6-10-19)20-11-7-4-8-12-20/h3-15,18H,16H2,1-2H3. The van der Waals surface area contributed by atoms with E-state index in [1.807, 2.05) is 0 Å². The summed E-state index contributed by atoms with van der Waals surface area (Å²) in [7, 11) is 0. The lowest BCUT2D eigenvalue weighted by Gasteiger charge is -2.42. The summed E-state index contributed by atoms with van der Waals surface area (Å²) in [5.74, 6) is 1.45. The van der Waals surface area contributed by atoms with Gasteiger partial charge in [0.1, 0.15) is 5.75 Å². The molecule has 1 aliphatic heterocycles. The molecule has 1 nitrogen and oxygen atoms in total. The SMILES string of the molecule is Cc1ccc2c(c1)C(C)CC(c1ccccc1)(c1ccccc1)O2. The molecule has 4 rings (SSSR count). The highest BCUT2D eigenvalue weighted by atomic mass is 16.5. The lowest BCUT2D eigenvalue weighted by molar-refractivity contribution is 0.0747. The first kappa shape index (κ1) is 15.0. The zero-order chi connectivity index (χ0) is 16.6. The molecule has 1 unspecified atom stereocenters. The van der Waals surface area contributed by atoms with Gasteiger partial charge in [0.25, 0.3) is 0 Å². The molecule has 24 heavy (non-hydrogen) atoms. The second-order valence-electron chi connectivity index (χ2n) is 6.81. The molecule has 1 heteroatoms. The highest BCUT2D eigenvalue weighted by Gasteiger charge is 2.42. The molecule has 0 spiro atoms. The molecule has 0 fully saturated rings. The largest absolute Gasteiger partial charge is 0.478 e. The van der Waals surface area contributed by atoms with Gasteiger partial charge in [0.05, 0.1) is 0 Å². The van der Waals surface area contributed by atoms with Crippen LogP contribution in [0.2, 0.25) is 0 Å². The van der Waals surface area contributed by atoms with E-state index in [-0.39, 0.29) is 0 Å². The first-order valence-electron chi connectivity index (χ1n) is 8.60. The Labute approximate surface area is 143 Å². The molecule has 0 saturated heterocycles. The molecule has 0 bridgehead atoms. The van der Waals surface area contributed by atoms with Crippen molar-refractivity contribution in [3.05, 3.63) is 101 Å². The second-order valence-corrected chi connectivity index (χ2v) is 6.81. The highest BCUT2D eigenvalue weighted by Crippen LogP contribution is 2.49. The summed E-state index contributed by atoms with van der Waals surface area (Å²) in [5.41, 5.74) is 4.61. The fourth-order valence-electron chi connectivity index (χ4n) is 3.85. The summed E-state index contributed by atoms with van der Waals surface area (Å²) in [4.78, 5) is 0. The van der Waals surface area contributed by atoms with Gasteiger partial charge in [0.2, 0.25) is 0 Å². The van der Waals surface area contributed by atoms with Crippen LogP contribution in [0.15, 0.2) is 78.9 Å². The van der Waals surface area contributed by atoms with E-state index in [1.165, 1.54) is 22.3 Å². The quantitative estimate of drug-likeness (QED) is 0.578. The maximum absolute atomic E-state index is 6.72. The molecule has 0 amide bonds. The molecule has 0 aliphatic carbocycles. The molecular weight excluding hydrogens is 292 g/mol. The van der Waals surface area contributed by atoms with Gasteiger partial charge in [-0.2, -0.15) is 0 Å². The number of aryl methyl sites for hydroxylation is 1. The van der Waals surface area contributed by atoms with E-state index < -0.39 is 5.60 Å². The van der Waals surface area contributed by atoms with Crippen molar-refractivity contribution in [1.82, 2.24) is 0 Å². The van der Waals surface area contributed by atoms with Gasteiger partial charge in [-0.1, -0.05) is 85.3 Å². The van der Waals surface area contributed by atoms with Gasteiger partial charge >= 0.3 is 0 Å². The lowest BCUT2D eigenvalue weighted by atomic mass is 9.75. The number of fused-ring (bicyclic) bond motifs is 1. The fourth-order valence-corrected chi connectivity index (χ4v) is 3.85. The molecule has 3 aromatic rings. The third-order valence-corrected chi connectivity index (χ3v) is 5.05. The van der Waals surface area contributed by atoms with Crippen LogP contribution in [0.5, 0.6) is 5.75 Å². The fraction of sp³-hybridized carbons (Fsp3) is 0.217. The van der Waals surface area contributed by atoms with E-state index in [0.717, 1.165) is 12.2 Å². The van der Waals surface area contributed by atoms with Crippen molar-refractivity contribution in [2.75, 3.05) is 0 Å². The van der Waals surface area contributed by atoms with E-state index in [0.29, 0.717) is 5.92 Å². The Morgan fingerprint density at radius 2 is 1.42 bits per heavy atom. The van der Waals surface area contributed by atoms with Crippen molar-refractivity contribution < 1.29 is 4.74 Å². The molecule has 0 N–H and O–H groups in total. The maximum atomic E-state index is 6.72. The number of ether oxygens (including phenoxy) is 1. The smallest absolute Gasteiger partial charge is 0.160 e. The van der Waals surface area contributed by atoms with E-state index in [9.17, 15) is 0 Å². The minimum atomic E-state index is -0.426. The number of rotatable bonds is 2. The molecule has 3 aromatic carbocycles. The molecule has 0 saturated carbocycles. The van der Waals surface area contributed by atoms with Crippen molar-refractivity contribution in [1.29, 1.82) is 0 Å². The van der Waals surface area contributed by atoms with Gasteiger partial charge in [-0.3, -0.25) is 0 Å². The Bertz CT molecular complexity index is 797. The van der Waals surface area contributed by atoms with Crippen molar-refractivity contribution in [2.45, 2.75) is 31.8 Å². The predicted molar refractivity (Wildman–Crippen MR) is 98.5 cm³/mol. The molecule has 0 radical (unpaired) electrons. The van der Waals surface area contributed by atoms with Crippen LogP contribution in [-0.4, -0.2) is 0 Å². The van der Waals surface area contributed by atoms with Gasteiger partial charge in [-0.15, -0.1) is 0 Å².